The normalized spacial score (nSPS) is 12.2. The third kappa shape index (κ3) is 6.17. The van der Waals surface area contributed by atoms with Crippen molar-refractivity contribution < 1.29 is 17.6 Å². The van der Waals surface area contributed by atoms with E-state index < -0.39 is 28.3 Å². The van der Waals surface area contributed by atoms with Gasteiger partial charge in [0, 0.05) is 6.04 Å². The van der Waals surface area contributed by atoms with Crippen molar-refractivity contribution in [3.63, 3.8) is 0 Å². The minimum absolute atomic E-state index is 0.0670. The summed E-state index contributed by atoms with van der Waals surface area (Å²) in [7, 11) is -4.02. The zero-order valence-electron chi connectivity index (χ0n) is 18.2. The molecule has 168 valence electrons. The molecule has 0 saturated heterocycles. The Labute approximate surface area is 188 Å². The monoisotopic (exact) mass is 454 g/mol. The number of aryl methyl sites for hydroxylation is 2. The predicted molar refractivity (Wildman–Crippen MR) is 124 cm³/mol. The molecule has 32 heavy (non-hydrogen) atoms. The second kappa shape index (κ2) is 10.4. The van der Waals surface area contributed by atoms with Crippen LogP contribution in [-0.2, 0) is 21.2 Å². The molecule has 0 radical (unpaired) electrons. The van der Waals surface area contributed by atoms with Crippen LogP contribution in [0.15, 0.2) is 83.8 Å². The smallest absolute Gasteiger partial charge is 0.264 e. The van der Waals surface area contributed by atoms with Crippen molar-refractivity contribution in [1.29, 1.82) is 0 Å². The number of halogens is 1. The Morgan fingerprint density at radius 1 is 0.969 bits per heavy atom. The molecular formula is C25H27FN2O3S. The van der Waals surface area contributed by atoms with Crippen LogP contribution < -0.4 is 9.62 Å². The maximum Gasteiger partial charge on any atom is 0.264 e. The van der Waals surface area contributed by atoms with Crippen molar-refractivity contribution in [1.82, 2.24) is 5.32 Å². The summed E-state index contributed by atoms with van der Waals surface area (Å²) in [6.07, 6.45) is 1.52. The second-order valence-corrected chi connectivity index (χ2v) is 9.66. The molecule has 0 fully saturated rings. The Bertz CT molecular complexity index is 1130. The summed E-state index contributed by atoms with van der Waals surface area (Å²) in [5, 5.41) is 2.88. The molecule has 1 atom stereocenters. The minimum Gasteiger partial charge on any atom is -0.352 e. The van der Waals surface area contributed by atoms with E-state index in [1.807, 2.05) is 44.2 Å². The Balaban J connectivity index is 1.75. The van der Waals surface area contributed by atoms with E-state index in [1.54, 1.807) is 12.1 Å². The zero-order chi connectivity index (χ0) is 23.1. The molecule has 1 amide bonds. The average molecular weight is 455 g/mol. The summed E-state index contributed by atoms with van der Waals surface area (Å²) in [6, 6.07) is 21.3. The SMILES string of the molecule is Cc1ccc(S(=O)(=O)N(CC(=O)N[C@@H](C)CCc2ccccc2)c2ccc(F)cc2)cc1. The van der Waals surface area contributed by atoms with E-state index >= 15 is 0 Å². The lowest BCUT2D eigenvalue weighted by Gasteiger charge is -2.25. The first kappa shape index (κ1) is 23.5. The molecule has 3 rings (SSSR count). The van der Waals surface area contributed by atoms with Gasteiger partial charge in [0.25, 0.3) is 10.0 Å². The number of rotatable bonds is 9. The maximum atomic E-state index is 13.4. The quantitative estimate of drug-likeness (QED) is 0.519. The van der Waals surface area contributed by atoms with Crippen molar-refractivity contribution in [2.45, 2.75) is 37.6 Å². The Hall–Kier alpha value is -3.19. The number of nitrogens with one attached hydrogen (secondary N) is 1. The van der Waals surface area contributed by atoms with E-state index in [0.29, 0.717) is 0 Å². The summed E-state index contributed by atoms with van der Waals surface area (Å²) in [5.74, 6) is -0.911. The van der Waals surface area contributed by atoms with E-state index in [9.17, 15) is 17.6 Å². The van der Waals surface area contributed by atoms with Crippen LogP contribution in [-0.4, -0.2) is 26.9 Å². The van der Waals surface area contributed by atoms with Crippen LogP contribution in [0.1, 0.15) is 24.5 Å². The number of hydrogen-bond acceptors (Lipinski definition) is 3. The molecule has 1 N–H and O–H groups in total. The lowest BCUT2D eigenvalue weighted by molar-refractivity contribution is -0.120. The number of hydrogen-bond donors (Lipinski definition) is 1. The first-order valence-electron chi connectivity index (χ1n) is 10.4. The third-order valence-electron chi connectivity index (χ3n) is 5.13. The predicted octanol–water partition coefficient (Wildman–Crippen LogP) is 4.47. The van der Waals surface area contributed by atoms with E-state index in [4.69, 9.17) is 0 Å². The van der Waals surface area contributed by atoms with Crippen molar-refractivity contribution in [3.8, 4) is 0 Å². The maximum absolute atomic E-state index is 13.4. The summed E-state index contributed by atoms with van der Waals surface area (Å²) in [4.78, 5) is 12.8. The molecule has 0 saturated carbocycles. The van der Waals surface area contributed by atoms with Crippen LogP contribution >= 0.6 is 0 Å². The standard InChI is InChI=1S/C25H27FN2O3S/c1-19-8-16-24(17-9-19)32(30,31)28(23-14-12-22(26)13-15-23)18-25(29)27-20(2)10-11-21-6-4-3-5-7-21/h3-9,12-17,20H,10-11,18H2,1-2H3,(H,27,29)/t20-/m0/s1. The molecule has 0 spiro atoms. The zero-order valence-corrected chi connectivity index (χ0v) is 19.0. The molecule has 7 heteroatoms. The number of anilines is 1. The van der Waals surface area contributed by atoms with Gasteiger partial charge in [0.2, 0.25) is 5.91 Å². The summed E-state index contributed by atoms with van der Waals surface area (Å²) >= 11 is 0. The number of benzene rings is 3. The van der Waals surface area contributed by atoms with E-state index in [1.165, 1.54) is 42.0 Å². The van der Waals surface area contributed by atoms with Gasteiger partial charge in [-0.3, -0.25) is 9.10 Å². The highest BCUT2D eigenvalue weighted by Gasteiger charge is 2.27. The van der Waals surface area contributed by atoms with Gasteiger partial charge < -0.3 is 5.32 Å². The van der Waals surface area contributed by atoms with Gasteiger partial charge in [0.15, 0.2) is 0 Å². The number of nitrogens with zero attached hydrogens (tertiary/aromatic N) is 1. The van der Waals surface area contributed by atoms with Crippen molar-refractivity contribution in [2.75, 3.05) is 10.8 Å². The van der Waals surface area contributed by atoms with Crippen molar-refractivity contribution >= 4 is 21.6 Å². The number of sulfonamides is 1. The lowest BCUT2D eigenvalue weighted by Crippen LogP contribution is -2.43. The molecule has 0 heterocycles. The van der Waals surface area contributed by atoms with Gasteiger partial charge in [-0.25, -0.2) is 12.8 Å². The van der Waals surface area contributed by atoms with Crippen LogP contribution in [0.25, 0.3) is 0 Å². The van der Waals surface area contributed by atoms with E-state index in [2.05, 4.69) is 5.32 Å². The summed E-state index contributed by atoms with van der Waals surface area (Å²) in [6.45, 7) is 3.34. The molecule has 0 unspecified atom stereocenters. The Morgan fingerprint density at radius 2 is 1.59 bits per heavy atom. The molecule has 5 nitrogen and oxygen atoms in total. The van der Waals surface area contributed by atoms with Gasteiger partial charge in [-0.15, -0.1) is 0 Å². The van der Waals surface area contributed by atoms with Crippen LogP contribution in [0.2, 0.25) is 0 Å². The molecular weight excluding hydrogens is 427 g/mol. The van der Waals surface area contributed by atoms with E-state index in [-0.39, 0.29) is 16.6 Å². The fraction of sp³-hybridized carbons (Fsp3) is 0.240. The Kier molecular flexibility index (Phi) is 7.64. The molecule has 3 aromatic carbocycles. The fourth-order valence-corrected chi connectivity index (χ4v) is 4.73. The van der Waals surface area contributed by atoms with Crippen molar-refractivity contribution in [3.05, 3.63) is 95.8 Å². The van der Waals surface area contributed by atoms with Gasteiger partial charge in [-0.2, -0.15) is 0 Å². The van der Waals surface area contributed by atoms with E-state index in [0.717, 1.165) is 22.7 Å². The highest BCUT2D eigenvalue weighted by atomic mass is 32.2. The lowest BCUT2D eigenvalue weighted by atomic mass is 10.1. The molecule has 0 aliphatic rings. The largest absolute Gasteiger partial charge is 0.352 e. The highest BCUT2D eigenvalue weighted by molar-refractivity contribution is 7.92. The number of carbonyl (C=O) groups excluding carboxylic acids is 1. The summed E-state index contributed by atoms with van der Waals surface area (Å²) < 4.78 is 41.1. The molecule has 0 bridgehead atoms. The number of amides is 1. The molecule has 0 aromatic heterocycles. The summed E-state index contributed by atoms with van der Waals surface area (Å²) in [5.41, 5.74) is 2.31. The van der Waals surface area contributed by atoms with Crippen LogP contribution in [0, 0.1) is 12.7 Å². The topological polar surface area (TPSA) is 66.5 Å². The molecule has 3 aromatic rings. The third-order valence-corrected chi connectivity index (χ3v) is 6.92. The van der Waals surface area contributed by atoms with Gasteiger partial charge in [0.05, 0.1) is 10.6 Å². The van der Waals surface area contributed by atoms with Gasteiger partial charge in [-0.05, 0) is 68.7 Å². The minimum atomic E-state index is -4.02. The second-order valence-electron chi connectivity index (χ2n) is 7.79. The van der Waals surface area contributed by atoms with Crippen LogP contribution in [0.3, 0.4) is 0 Å². The number of carbonyl (C=O) groups is 1. The van der Waals surface area contributed by atoms with Gasteiger partial charge in [-0.1, -0.05) is 48.0 Å². The molecule has 0 aliphatic heterocycles. The van der Waals surface area contributed by atoms with Crippen LogP contribution in [0.4, 0.5) is 10.1 Å². The fourth-order valence-electron chi connectivity index (χ4n) is 3.31. The first-order chi connectivity index (χ1) is 15.3. The highest BCUT2D eigenvalue weighted by Crippen LogP contribution is 2.24. The van der Waals surface area contributed by atoms with Crippen molar-refractivity contribution in [2.24, 2.45) is 0 Å². The Morgan fingerprint density at radius 3 is 2.22 bits per heavy atom. The van der Waals surface area contributed by atoms with Crippen LogP contribution in [0.5, 0.6) is 0 Å². The molecule has 0 aliphatic carbocycles. The average Bonchev–Trinajstić information content (AvgIpc) is 2.78. The van der Waals surface area contributed by atoms with Gasteiger partial charge in [0.1, 0.15) is 12.4 Å². The van der Waals surface area contributed by atoms with Gasteiger partial charge >= 0.3 is 0 Å². The first-order valence-corrected chi connectivity index (χ1v) is 11.9.